The first-order valence-corrected chi connectivity index (χ1v) is 4.29. The molecule has 0 saturated heterocycles. The quantitative estimate of drug-likeness (QED) is 0.621. The van der Waals surface area contributed by atoms with E-state index in [0.29, 0.717) is 5.15 Å². The molecule has 0 N–H and O–H groups in total. The maximum Gasteiger partial charge on any atom is 0.129 e. The molecule has 0 fully saturated rings. The summed E-state index contributed by atoms with van der Waals surface area (Å²) in [5.74, 6) is 0. The Hall–Kier alpha value is -0.560. The Kier molecular flexibility index (Phi) is 2.89. The van der Waals surface area contributed by atoms with Gasteiger partial charge in [-0.2, -0.15) is 0 Å². The van der Waals surface area contributed by atoms with Crippen LogP contribution in [0.5, 0.6) is 0 Å². The number of rotatable bonds is 2. The normalized spacial score (nSPS) is 10.1. The third kappa shape index (κ3) is 1.93. The van der Waals surface area contributed by atoms with Crippen LogP contribution in [0.4, 0.5) is 0 Å². The SMILES string of the molecule is CCc1cnc(Cl)cc1CC. The highest BCUT2D eigenvalue weighted by Crippen LogP contribution is 2.13. The topological polar surface area (TPSA) is 12.9 Å². The molecule has 0 amide bonds. The van der Waals surface area contributed by atoms with Crippen molar-refractivity contribution in [2.45, 2.75) is 26.7 Å². The van der Waals surface area contributed by atoms with E-state index in [0.717, 1.165) is 12.8 Å². The van der Waals surface area contributed by atoms with Crippen LogP contribution < -0.4 is 0 Å². The van der Waals surface area contributed by atoms with E-state index in [-0.39, 0.29) is 0 Å². The molecule has 1 heterocycles. The highest BCUT2D eigenvalue weighted by atomic mass is 35.5. The molecular formula is C9H12ClN. The minimum absolute atomic E-state index is 0.596. The Morgan fingerprint density at radius 2 is 1.91 bits per heavy atom. The van der Waals surface area contributed by atoms with Crippen molar-refractivity contribution in [3.63, 3.8) is 0 Å². The summed E-state index contributed by atoms with van der Waals surface area (Å²) in [5, 5.41) is 0.596. The zero-order valence-corrected chi connectivity index (χ0v) is 7.65. The number of aromatic nitrogens is 1. The van der Waals surface area contributed by atoms with Crippen LogP contribution in [-0.2, 0) is 12.8 Å². The first kappa shape index (κ1) is 8.54. The van der Waals surface area contributed by atoms with E-state index in [1.54, 1.807) is 0 Å². The monoisotopic (exact) mass is 169 g/mol. The molecule has 60 valence electrons. The molecule has 1 aromatic rings. The van der Waals surface area contributed by atoms with Gasteiger partial charge >= 0.3 is 0 Å². The molecule has 1 aromatic heterocycles. The number of nitrogens with zero attached hydrogens (tertiary/aromatic N) is 1. The molecule has 0 radical (unpaired) electrons. The second kappa shape index (κ2) is 3.72. The van der Waals surface area contributed by atoms with E-state index >= 15 is 0 Å². The molecule has 1 nitrogen and oxygen atoms in total. The van der Waals surface area contributed by atoms with Gasteiger partial charge in [-0.15, -0.1) is 0 Å². The van der Waals surface area contributed by atoms with Crippen molar-refractivity contribution >= 4 is 11.6 Å². The van der Waals surface area contributed by atoms with Gasteiger partial charge in [0.25, 0.3) is 0 Å². The lowest BCUT2D eigenvalue weighted by molar-refractivity contribution is 1.01. The number of hydrogen-bond donors (Lipinski definition) is 0. The molecule has 1 rings (SSSR count). The predicted octanol–water partition coefficient (Wildman–Crippen LogP) is 2.86. The Labute approximate surface area is 72.4 Å². The maximum atomic E-state index is 5.74. The van der Waals surface area contributed by atoms with E-state index in [1.807, 2.05) is 12.3 Å². The fourth-order valence-electron chi connectivity index (χ4n) is 1.14. The summed E-state index contributed by atoms with van der Waals surface area (Å²) in [4.78, 5) is 4.02. The Morgan fingerprint density at radius 3 is 2.45 bits per heavy atom. The van der Waals surface area contributed by atoms with Gasteiger partial charge < -0.3 is 0 Å². The van der Waals surface area contributed by atoms with Gasteiger partial charge in [0.2, 0.25) is 0 Å². The summed E-state index contributed by atoms with van der Waals surface area (Å²) in [6, 6.07) is 1.94. The van der Waals surface area contributed by atoms with E-state index in [9.17, 15) is 0 Å². The fourth-order valence-corrected chi connectivity index (χ4v) is 1.32. The third-order valence-electron chi connectivity index (χ3n) is 1.81. The van der Waals surface area contributed by atoms with Gasteiger partial charge in [-0.1, -0.05) is 25.4 Å². The largest absolute Gasteiger partial charge is 0.244 e. The zero-order valence-electron chi connectivity index (χ0n) is 6.89. The molecule has 2 heteroatoms. The van der Waals surface area contributed by atoms with Crippen molar-refractivity contribution in [2.24, 2.45) is 0 Å². The van der Waals surface area contributed by atoms with Crippen LogP contribution in [0.25, 0.3) is 0 Å². The molecular weight excluding hydrogens is 158 g/mol. The van der Waals surface area contributed by atoms with Crippen LogP contribution in [0.2, 0.25) is 5.15 Å². The van der Waals surface area contributed by atoms with Crippen LogP contribution >= 0.6 is 11.6 Å². The molecule has 11 heavy (non-hydrogen) atoms. The van der Waals surface area contributed by atoms with Crippen LogP contribution in [0, 0.1) is 0 Å². The standard InChI is InChI=1S/C9H12ClN/c1-3-7-5-9(10)11-6-8(7)4-2/h5-6H,3-4H2,1-2H3. The lowest BCUT2D eigenvalue weighted by atomic mass is 10.1. The second-order valence-corrected chi connectivity index (χ2v) is 2.87. The average molecular weight is 170 g/mol. The molecule has 0 spiro atoms. The van der Waals surface area contributed by atoms with Crippen LogP contribution in [0.3, 0.4) is 0 Å². The fraction of sp³-hybridized carbons (Fsp3) is 0.444. The maximum absolute atomic E-state index is 5.74. The summed E-state index contributed by atoms with van der Waals surface area (Å²) in [6.07, 6.45) is 3.93. The number of pyridine rings is 1. The van der Waals surface area contributed by atoms with Gasteiger partial charge in [0.15, 0.2) is 0 Å². The highest BCUT2D eigenvalue weighted by molar-refractivity contribution is 6.29. The Bertz CT molecular complexity index is 245. The minimum atomic E-state index is 0.596. The summed E-state index contributed by atoms with van der Waals surface area (Å²) in [7, 11) is 0. The van der Waals surface area contributed by atoms with Crippen molar-refractivity contribution in [3.8, 4) is 0 Å². The van der Waals surface area contributed by atoms with E-state index in [1.165, 1.54) is 11.1 Å². The summed E-state index contributed by atoms with van der Waals surface area (Å²) < 4.78 is 0. The Morgan fingerprint density at radius 1 is 1.27 bits per heavy atom. The second-order valence-electron chi connectivity index (χ2n) is 2.48. The van der Waals surface area contributed by atoms with Gasteiger partial charge in [-0.05, 0) is 30.0 Å². The van der Waals surface area contributed by atoms with Gasteiger partial charge in [-0.3, -0.25) is 0 Å². The van der Waals surface area contributed by atoms with Crippen molar-refractivity contribution in [1.29, 1.82) is 0 Å². The van der Waals surface area contributed by atoms with Gasteiger partial charge in [0, 0.05) is 6.20 Å². The molecule has 0 aromatic carbocycles. The first-order chi connectivity index (χ1) is 5.27. The average Bonchev–Trinajstić information content (AvgIpc) is 2.04. The van der Waals surface area contributed by atoms with Crippen LogP contribution in [0.1, 0.15) is 25.0 Å². The number of hydrogen-bond acceptors (Lipinski definition) is 1. The lowest BCUT2D eigenvalue weighted by Gasteiger charge is -2.03. The summed E-state index contributed by atoms with van der Waals surface area (Å²) >= 11 is 5.74. The molecule has 0 bridgehead atoms. The summed E-state index contributed by atoms with van der Waals surface area (Å²) in [6.45, 7) is 4.26. The molecule has 0 aliphatic carbocycles. The first-order valence-electron chi connectivity index (χ1n) is 3.91. The minimum Gasteiger partial charge on any atom is -0.244 e. The molecule has 0 aliphatic rings. The molecule has 0 atom stereocenters. The van der Waals surface area contributed by atoms with Crippen molar-refractivity contribution in [1.82, 2.24) is 4.98 Å². The van der Waals surface area contributed by atoms with Gasteiger partial charge in [0.05, 0.1) is 0 Å². The van der Waals surface area contributed by atoms with Crippen molar-refractivity contribution < 1.29 is 0 Å². The Balaban J connectivity index is 3.06. The lowest BCUT2D eigenvalue weighted by Crippen LogP contribution is -1.92. The number of aryl methyl sites for hydroxylation is 2. The van der Waals surface area contributed by atoms with E-state index in [2.05, 4.69) is 18.8 Å². The smallest absolute Gasteiger partial charge is 0.129 e. The molecule has 0 aliphatic heterocycles. The van der Waals surface area contributed by atoms with Crippen molar-refractivity contribution in [2.75, 3.05) is 0 Å². The third-order valence-corrected chi connectivity index (χ3v) is 2.02. The number of halogens is 1. The molecule has 0 unspecified atom stereocenters. The van der Waals surface area contributed by atoms with Crippen LogP contribution in [0.15, 0.2) is 12.3 Å². The zero-order chi connectivity index (χ0) is 8.27. The highest BCUT2D eigenvalue weighted by Gasteiger charge is 1.99. The van der Waals surface area contributed by atoms with Crippen LogP contribution in [-0.4, -0.2) is 4.98 Å². The predicted molar refractivity (Wildman–Crippen MR) is 48.0 cm³/mol. The van der Waals surface area contributed by atoms with Gasteiger partial charge in [0.1, 0.15) is 5.15 Å². The summed E-state index contributed by atoms with van der Waals surface area (Å²) in [5.41, 5.74) is 2.62. The van der Waals surface area contributed by atoms with E-state index in [4.69, 9.17) is 11.6 Å². The van der Waals surface area contributed by atoms with E-state index < -0.39 is 0 Å². The van der Waals surface area contributed by atoms with Gasteiger partial charge in [-0.25, -0.2) is 4.98 Å². The molecule has 0 saturated carbocycles. The van der Waals surface area contributed by atoms with Crippen molar-refractivity contribution in [3.05, 3.63) is 28.5 Å².